The molecule has 0 heterocycles. The third-order valence-electron chi connectivity index (χ3n) is 1.35. The molecule has 2 rings (SSSR count). The summed E-state index contributed by atoms with van der Waals surface area (Å²) in [6.45, 7) is 0. The topological polar surface area (TPSA) is 0 Å². The van der Waals surface area contributed by atoms with Gasteiger partial charge in [0.2, 0.25) is 0 Å². The van der Waals surface area contributed by atoms with Gasteiger partial charge < -0.3 is 0 Å². The normalized spacial score (nSPS) is 7.20. The van der Waals surface area contributed by atoms with E-state index in [0.29, 0.717) is 0 Å². The van der Waals surface area contributed by atoms with Crippen molar-refractivity contribution >= 4 is 20.5 Å². The van der Waals surface area contributed by atoms with Gasteiger partial charge in [-0.15, -0.1) is 0 Å². The maximum absolute atomic E-state index is 2.90. The Hall–Kier alpha value is 0.0764. The minimum Gasteiger partial charge on any atom is -0.184 e. The summed E-state index contributed by atoms with van der Waals surface area (Å²) in [7, 11) is 0. The molecule has 0 amide bonds. The summed E-state index contributed by atoms with van der Waals surface area (Å²) < 4.78 is 1.20. The van der Waals surface area contributed by atoms with Crippen LogP contribution in [-0.4, -0.2) is 16.0 Å². The number of benzene rings is 2. The molecule has 2 aromatic carbocycles. The van der Waals surface area contributed by atoms with Crippen molar-refractivity contribution < 1.29 is 35.9 Å². The van der Waals surface area contributed by atoms with E-state index in [2.05, 4.69) is 22.1 Å². The standard InChI is InChI=1S/C6H5Se.C6H5.Cu.Li/c7-6-4-2-1-3-5-6;1-2-4-6-5-3-1;;/h1-5H;1-5H;;/q;-1;;+1. The average molecular weight is 304 g/mol. The maximum Gasteiger partial charge on any atom is -0.171 e. The van der Waals surface area contributed by atoms with Crippen LogP contribution >= 0.6 is 0 Å². The van der Waals surface area contributed by atoms with E-state index >= 15 is 0 Å². The Morgan fingerprint density at radius 3 is 1.47 bits per heavy atom. The third-order valence-corrected chi connectivity index (χ3v) is 1.92. The van der Waals surface area contributed by atoms with Gasteiger partial charge in [0.1, 0.15) is 0 Å². The average Bonchev–Trinajstić information content (AvgIpc) is 2.22. The van der Waals surface area contributed by atoms with Crippen molar-refractivity contribution in [3.05, 3.63) is 66.7 Å². The second-order valence-corrected chi connectivity index (χ2v) is 3.38. The minimum absolute atomic E-state index is 0. The van der Waals surface area contributed by atoms with Crippen LogP contribution in [0.25, 0.3) is 0 Å². The van der Waals surface area contributed by atoms with Crippen molar-refractivity contribution in [1.82, 2.24) is 0 Å². The summed E-state index contributed by atoms with van der Waals surface area (Å²) in [6.07, 6.45) is 0. The zero-order chi connectivity index (χ0) is 9.36. The number of rotatable bonds is 0. The summed E-state index contributed by atoms with van der Waals surface area (Å²) >= 11 is 2.90. The maximum atomic E-state index is 2.90. The Labute approximate surface area is 122 Å². The zero-order valence-electron chi connectivity index (χ0n) is 8.48. The van der Waals surface area contributed by atoms with E-state index in [1.807, 2.05) is 60.7 Å². The molecule has 0 N–H and O–H groups in total. The van der Waals surface area contributed by atoms with Crippen LogP contribution in [-0.2, 0) is 17.1 Å². The molecular formula is C12H10CuLiSe. The van der Waals surface area contributed by atoms with Gasteiger partial charge in [-0.05, 0) is 0 Å². The van der Waals surface area contributed by atoms with Gasteiger partial charge in [-0.2, -0.15) is 36.4 Å². The quantitative estimate of drug-likeness (QED) is 0.431. The third kappa shape index (κ3) is 10.4. The first-order chi connectivity index (χ1) is 6.39. The monoisotopic (exact) mass is 304 g/mol. The smallest absolute Gasteiger partial charge is 0.171 e. The number of hydrogen-bond donors (Lipinski definition) is 0. The predicted octanol–water partition coefficient (Wildman–Crippen LogP) is -1.03. The van der Waals surface area contributed by atoms with Crippen molar-refractivity contribution in [3.63, 3.8) is 0 Å². The Morgan fingerprint density at radius 2 is 1.27 bits per heavy atom. The van der Waals surface area contributed by atoms with E-state index in [-0.39, 0.29) is 35.9 Å². The van der Waals surface area contributed by atoms with Crippen molar-refractivity contribution in [2.75, 3.05) is 0 Å². The summed E-state index contributed by atoms with van der Waals surface area (Å²) in [5, 5.41) is 0. The molecule has 0 aliphatic carbocycles. The number of hydrogen-bond acceptors (Lipinski definition) is 0. The van der Waals surface area contributed by atoms with Gasteiger partial charge in [0, 0.05) is 17.1 Å². The van der Waals surface area contributed by atoms with Gasteiger partial charge in [0.25, 0.3) is 0 Å². The van der Waals surface area contributed by atoms with Crippen molar-refractivity contribution in [2.24, 2.45) is 0 Å². The molecule has 3 heteroatoms. The SMILES string of the molecule is [Cu].[Li+].[Se]c1ccccc1.[c-]1ccccc1. The fraction of sp³-hybridized carbons (Fsp3) is 0. The van der Waals surface area contributed by atoms with E-state index < -0.39 is 0 Å². The van der Waals surface area contributed by atoms with Gasteiger partial charge in [-0.3, -0.25) is 0 Å². The molecular weight excluding hydrogens is 294 g/mol. The predicted molar refractivity (Wildman–Crippen MR) is 57.1 cm³/mol. The fourth-order valence-corrected chi connectivity index (χ4v) is 1.09. The van der Waals surface area contributed by atoms with Crippen LogP contribution in [0, 0.1) is 6.07 Å². The molecule has 0 bridgehead atoms. The van der Waals surface area contributed by atoms with Crippen LogP contribution in [0.1, 0.15) is 0 Å². The van der Waals surface area contributed by atoms with Crippen molar-refractivity contribution in [3.8, 4) is 0 Å². The van der Waals surface area contributed by atoms with Crippen LogP contribution in [0.15, 0.2) is 60.7 Å². The molecule has 0 unspecified atom stereocenters. The molecule has 0 fully saturated rings. The Bertz CT molecular complexity index is 286. The van der Waals surface area contributed by atoms with E-state index in [1.165, 1.54) is 4.46 Å². The molecule has 0 nitrogen and oxygen atoms in total. The van der Waals surface area contributed by atoms with E-state index in [1.54, 1.807) is 0 Å². The molecule has 0 spiro atoms. The second-order valence-electron chi connectivity index (χ2n) is 2.39. The molecule has 2 aromatic rings. The fourth-order valence-electron chi connectivity index (χ4n) is 0.762. The first-order valence-corrected chi connectivity index (χ1v) is 4.88. The van der Waals surface area contributed by atoms with E-state index in [0.717, 1.165) is 0 Å². The van der Waals surface area contributed by atoms with E-state index in [4.69, 9.17) is 0 Å². The van der Waals surface area contributed by atoms with Crippen molar-refractivity contribution in [2.45, 2.75) is 0 Å². The summed E-state index contributed by atoms with van der Waals surface area (Å²) in [5.74, 6) is 0. The first kappa shape index (κ1) is 17.5. The van der Waals surface area contributed by atoms with Gasteiger partial charge in [0.15, 0.2) is 0 Å². The van der Waals surface area contributed by atoms with Gasteiger partial charge in [-0.1, -0.05) is 0 Å². The summed E-state index contributed by atoms with van der Waals surface area (Å²) in [5.41, 5.74) is 0. The molecule has 0 aliphatic heterocycles. The van der Waals surface area contributed by atoms with Gasteiger partial charge >= 0.3 is 69.7 Å². The van der Waals surface area contributed by atoms with Crippen LogP contribution in [0.2, 0.25) is 0 Å². The molecule has 76 valence electrons. The Kier molecular flexibility index (Phi) is 14.1. The van der Waals surface area contributed by atoms with Crippen LogP contribution in [0.5, 0.6) is 0 Å². The van der Waals surface area contributed by atoms with Crippen LogP contribution < -0.4 is 23.3 Å². The first-order valence-electron chi connectivity index (χ1n) is 4.03. The van der Waals surface area contributed by atoms with Gasteiger partial charge in [-0.25, -0.2) is 0 Å². The van der Waals surface area contributed by atoms with Crippen LogP contribution in [0.3, 0.4) is 0 Å². The molecule has 15 heavy (non-hydrogen) atoms. The molecule has 0 saturated heterocycles. The zero-order valence-corrected chi connectivity index (χ0v) is 11.1. The summed E-state index contributed by atoms with van der Waals surface area (Å²) in [4.78, 5) is 0. The Morgan fingerprint density at radius 1 is 0.800 bits per heavy atom. The molecule has 0 saturated carbocycles. The second kappa shape index (κ2) is 12.1. The molecule has 2 radical (unpaired) electrons. The summed E-state index contributed by atoms with van der Waals surface area (Å²) in [6, 6.07) is 22.6. The Balaban J connectivity index is 0. The van der Waals surface area contributed by atoms with Crippen molar-refractivity contribution in [1.29, 1.82) is 0 Å². The van der Waals surface area contributed by atoms with Crippen LogP contribution in [0.4, 0.5) is 0 Å². The largest absolute Gasteiger partial charge is 0.184 e. The molecule has 0 aliphatic rings. The molecule has 0 atom stereocenters. The molecule has 0 aromatic heterocycles. The van der Waals surface area contributed by atoms with Gasteiger partial charge in [0.05, 0.1) is 0 Å². The van der Waals surface area contributed by atoms with E-state index in [9.17, 15) is 0 Å². The minimum atomic E-state index is 0.